The predicted molar refractivity (Wildman–Crippen MR) is 79.4 cm³/mol. The molecule has 96 valence electrons. The van der Waals surface area contributed by atoms with Crippen molar-refractivity contribution in [3.8, 4) is 11.1 Å². The molecule has 0 spiro atoms. The molecule has 0 radical (unpaired) electrons. The maximum Gasteiger partial charge on any atom is 0.0370 e. The van der Waals surface area contributed by atoms with E-state index in [-0.39, 0.29) is 0 Å². The molecule has 1 N–H and O–H groups in total. The lowest BCUT2D eigenvalue weighted by Crippen LogP contribution is -2.34. The van der Waals surface area contributed by atoms with E-state index < -0.39 is 0 Å². The Bertz CT molecular complexity index is 642. The van der Waals surface area contributed by atoms with E-state index in [9.17, 15) is 0 Å². The summed E-state index contributed by atoms with van der Waals surface area (Å²) in [6.07, 6.45) is 3.43. The Morgan fingerprint density at radius 3 is 2.89 bits per heavy atom. The van der Waals surface area contributed by atoms with Crippen LogP contribution in [0.2, 0.25) is 0 Å². The minimum absolute atomic E-state index is 0.528. The summed E-state index contributed by atoms with van der Waals surface area (Å²) in [6.45, 7) is 3.38. The van der Waals surface area contributed by atoms with Gasteiger partial charge in [-0.05, 0) is 59.2 Å². The summed E-state index contributed by atoms with van der Waals surface area (Å²) in [5.41, 5.74) is 9.14. The Hall–Kier alpha value is -1.60. The van der Waals surface area contributed by atoms with Crippen molar-refractivity contribution in [2.24, 2.45) is 0 Å². The monoisotopic (exact) mass is 249 g/mol. The number of benzene rings is 2. The molecule has 1 unspecified atom stereocenters. The molecule has 0 amide bonds. The fourth-order valence-electron chi connectivity index (χ4n) is 3.76. The van der Waals surface area contributed by atoms with Crippen molar-refractivity contribution in [2.45, 2.75) is 32.2 Å². The van der Waals surface area contributed by atoms with E-state index in [2.05, 4.69) is 48.6 Å². The maximum absolute atomic E-state index is 3.71. The molecule has 1 aliphatic heterocycles. The second kappa shape index (κ2) is 4.21. The van der Waals surface area contributed by atoms with Crippen LogP contribution in [0, 0.1) is 0 Å². The summed E-state index contributed by atoms with van der Waals surface area (Å²) in [5, 5.41) is 3.71. The van der Waals surface area contributed by atoms with Crippen LogP contribution >= 0.6 is 0 Å². The van der Waals surface area contributed by atoms with Gasteiger partial charge < -0.3 is 5.32 Å². The van der Waals surface area contributed by atoms with Crippen molar-refractivity contribution in [3.63, 3.8) is 0 Å². The van der Waals surface area contributed by atoms with Gasteiger partial charge in [0.1, 0.15) is 0 Å². The van der Waals surface area contributed by atoms with E-state index >= 15 is 0 Å². The molecule has 19 heavy (non-hydrogen) atoms. The highest BCUT2D eigenvalue weighted by Crippen LogP contribution is 2.43. The van der Waals surface area contributed by atoms with Crippen molar-refractivity contribution in [2.75, 3.05) is 6.54 Å². The lowest BCUT2D eigenvalue weighted by atomic mass is 9.76. The van der Waals surface area contributed by atoms with Gasteiger partial charge in [-0.15, -0.1) is 0 Å². The molecule has 0 fully saturated rings. The van der Waals surface area contributed by atoms with Crippen molar-refractivity contribution in [1.29, 1.82) is 0 Å². The number of rotatable bonds is 1. The molecule has 1 aliphatic carbocycles. The summed E-state index contributed by atoms with van der Waals surface area (Å²) < 4.78 is 0. The second-order valence-corrected chi connectivity index (χ2v) is 5.64. The molecule has 0 saturated heterocycles. The van der Waals surface area contributed by atoms with Crippen LogP contribution in [0.3, 0.4) is 0 Å². The molecule has 0 aromatic heterocycles. The van der Waals surface area contributed by atoms with Gasteiger partial charge in [0.15, 0.2) is 0 Å². The average Bonchev–Trinajstić information content (AvgIpc) is 2.47. The first-order valence-corrected chi connectivity index (χ1v) is 7.34. The van der Waals surface area contributed by atoms with Crippen LogP contribution in [-0.2, 0) is 19.3 Å². The van der Waals surface area contributed by atoms with Crippen molar-refractivity contribution in [1.82, 2.24) is 5.32 Å². The molecule has 2 aliphatic rings. The summed E-state index contributed by atoms with van der Waals surface area (Å²) >= 11 is 0. The van der Waals surface area contributed by atoms with E-state index in [1.54, 1.807) is 11.1 Å². The first-order valence-electron chi connectivity index (χ1n) is 7.34. The average molecular weight is 249 g/mol. The van der Waals surface area contributed by atoms with Crippen LogP contribution in [0.1, 0.15) is 35.2 Å². The molecule has 2 aromatic carbocycles. The van der Waals surface area contributed by atoms with E-state index in [0.29, 0.717) is 6.04 Å². The fraction of sp³-hybridized carbons (Fsp3) is 0.333. The minimum atomic E-state index is 0.528. The molecule has 0 bridgehead atoms. The van der Waals surface area contributed by atoms with Gasteiger partial charge in [0.2, 0.25) is 0 Å². The highest BCUT2D eigenvalue weighted by Gasteiger charge is 2.30. The first kappa shape index (κ1) is 11.2. The zero-order valence-corrected chi connectivity index (χ0v) is 11.4. The molecular weight excluding hydrogens is 230 g/mol. The van der Waals surface area contributed by atoms with E-state index in [1.807, 2.05) is 0 Å². The SMILES string of the molecule is CCc1ccc2c3c1-c1ccccc1CC3NCC2. The van der Waals surface area contributed by atoms with Crippen molar-refractivity contribution in [3.05, 3.63) is 58.7 Å². The third-order valence-corrected chi connectivity index (χ3v) is 4.65. The second-order valence-electron chi connectivity index (χ2n) is 5.64. The van der Waals surface area contributed by atoms with Gasteiger partial charge in [0.25, 0.3) is 0 Å². The number of hydrogen-bond donors (Lipinski definition) is 1. The molecule has 2 aromatic rings. The van der Waals surface area contributed by atoms with Gasteiger partial charge in [-0.3, -0.25) is 0 Å². The topological polar surface area (TPSA) is 12.0 Å². The smallest absolute Gasteiger partial charge is 0.0370 e. The maximum atomic E-state index is 3.71. The third kappa shape index (κ3) is 1.58. The molecule has 1 heteroatoms. The molecule has 0 saturated carbocycles. The van der Waals surface area contributed by atoms with Crippen LogP contribution < -0.4 is 5.32 Å². The number of nitrogens with one attached hydrogen (secondary N) is 1. The fourth-order valence-corrected chi connectivity index (χ4v) is 3.76. The highest BCUT2D eigenvalue weighted by molar-refractivity contribution is 5.78. The van der Waals surface area contributed by atoms with Gasteiger partial charge in [-0.25, -0.2) is 0 Å². The quantitative estimate of drug-likeness (QED) is 0.813. The van der Waals surface area contributed by atoms with Gasteiger partial charge >= 0.3 is 0 Å². The number of hydrogen-bond acceptors (Lipinski definition) is 1. The largest absolute Gasteiger partial charge is 0.309 e. The third-order valence-electron chi connectivity index (χ3n) is 4.65. The van der Waals surface area contributed by atoms with Crippen molar-refractivity contribution < 1.29 is 0 Å². The van der Waals surface area contributed by atoms with Gasteiger partial charge in [0, 0.05) is 6.04 Å². The van der Waals surface area contributed by atoms with E-state index in [1.165, 1.54) is 28.7 Å². The zero-order valence-electron chi connectivity index (χ0n) is 11.4. The zero-order chi connectivity index (χ0) is 12.8. The number of aryl methyl sites for hydroxylation is 1. The lowest BCUT2D eigenvalue weighted by molar-refractivity contribution is 0.498. The molecule has 4 rings (SSSR count). The predicted octanol–water partition coefficient (Wildman–Crippen LogP) is 3.66. The van der Waals surface area contributed by atoms with Crippen LogP contribution in [0.15, 0.2) is 36.4 Å². The Balaban J connectivity index is 2.07. The number of fused-ring (bicyclic) bond motifs is 2. The van der Waals surface area contributed by atoms with Crippen LogP contribution in [-0.4, -0.2) is 6.54 Å². The lowest BCUT2D eigenvalue weighted by Gasteiger charge is -2.35. The molecular formula is C18H19N. The molecule has 1 nitrogen and oxygen atoms in total. The summed E-state index contributed by atoms with van der Waals surface area (Å²) in [6, 6.07) is 14.2. The Kier molecular flexibility index (Phi) is 2.49. The highest BCUT2D eigenvalue weighted by atomic mass is 14.9. The summed E-state index contributed by atoms with van der Waals surface area (Å²) in [4.78, 5) is 0. The standard InChI is InChI=1S/C18H19N/c1-2-12-7-8-13-9-10-19-16-11-14-5-3-4-6-15(14)17(12)18(13)16/h3-8,16,19H,2,9-11H2,1H3. The first-order chi connectivity index (χ1) is 9.38. The van der Waals surface area contributed by atoms with E-state index in [4.69, 9.17) is 0 Å². The molecule has 1 atom stereocenters. The van der Waals surface area contributed by atoms with Gasteiger partial charge in [-0.2, -0.15) is 0 Å². The Morgan fingerprint density at radius 1 is 1.11 bits per heavy atom. The normalized spacial score (nSPS) is 19.7. The summed E-state index contributed by atoms with van der Waals surface area (Å²) in [7, 11) is 0. The van der Waals surface area contributed by atoms with Crippen LogP contribution in [0.4, 0.5) is 0 Å². The minimum Gasteiger partial charge on any atom is -0.309 e. The van der Waals surface area contributed by atoms with E-state index in [0.717, 1.165) is 19.4 Å². The van der Waals surface area contributed by atoms with Crippen LogP contribution in [0.5, 0.6) is 0 Å². The van der Waals surface area contributed by atoms with Gasteiger partial charge in [0.05, 0.1) is 0 Å². The molecule has 1 heterocycles. The van der Waals surface area contributed by atoms with Crippen molar-refractivity contribution >= 4 is 0 Å². The Morgan fingerprint density at radius 2 is 2.00 bits per heavy atom. The van der Waals surface area contributed by atoms with Crippen LogP contribution in [0.25, 0.3) is 11.1 Å². The van der Waals surface area contributed by atoms with Gasteiger partial charge in [-0.1, -0.05) is 43.3 Å². The Labute approximate surface area is 114 Å². The summed E-state index contributed by atoms with van der Waals surface area (Å²) in [5.74, 6) is 0.